The van der Waals surface area contributed by atoms with Gasteiger partial charge in [-0.3, -0.25) is 0 Å². The van der Waals surface area contributed by atoms with E-state index in [0.717, 1.165) is 0 Å². The predicted molar refractivity (Wildman–Crippen MR) is 145 cm³/mol. The smallest absolute Gasteiger partial charge is 0.349 e. The van der Waals surface area contributed by atoms with Crippen LogP contribution in [-0.4, -0.2) is 25.2 Å². The van der Waals surface area contributed by atoms with E-state index in [9.17, 15) is 0 Å². The number of hydrogen-bond acceptors (Lipinski definition) is 2. The Morgan fingerprint density at radius 2 is 0.903 bits per heavy atom. The molecule has 0 saturated heterocycles. The molecule has 0 unspecified atom stereocenters. The zero-order valence-corrected chi connectivity index (χ0v) is 23.7. The standard InChI is InChI=1S/C25H35O2PSi3/c1-29(2,3)26-31(7,27-30(4,5)6)25-21-15-14-20-24(25)28(22-16-10-8-11-17-22)23-18-12-9-13-19-23/h8-21H,1-7H3. The molecule has 0 amide bonds. The number of hydrogen-bond donors (Lipinski definition) is 0. The van der Waals surface area contributed by atoms with Crippen LogP contribution in [0.1, 0.15) is 0 Å². The molecule has 0 N–H and O–H groups in total. The molecule has 3 aromatic carbocycles. The third-order valence-corrected chi connectivity index (χ3v) is 16.8. The second kappa shape index (κ2) is 9.65. The van der Waals surface area contributed by atoms with Gasteiger partial charge in [-0.15, -0.1) is 0 Å². The Balaban J connectivity index is 2.24. The molecule has 0 aliphatic rings. The first kappa shape index (κ1) is 24.3. The topological polar surface area (TPSA) is 18.5 Å². The van der Waals surface area contributed by atoms with Crippen molar-refractivity contribution in [2.75, 3.05) is 0 Å². The Morgan fingerprint density at radius 3 is 1.32 bits per heavy atom. The van der Waals surface area contributed by atoms with Gasteiger partial charge in [0.1, 0.15) is 0 Å². The monoisotopic (exact) mass is 482 g/mol. The van der Waals surface area contributed by atoms with Crippen LogP contribution in [0.2, 0.25) is 45.8 Å². The van der Waals surface area contributed by atoms with Gasteiger partial charge in [-0.2, -0.15) is 0 Å². The van der Waals surface area contributed by atoms with E-state index in [1.165, 1.54) is 21.1 Å². The molecule has 6 heteroatoms. The summed E-state index contributed by atoms with van der Waals surface area (Å²) in [5, 5.41) is 5.36. The van der Waals surface area contributed by atoms with Crippen LogP contribution in [0, 0.1) is 0 Å². The average molecular weight is 483 g/mol. The van der Waals surface area contributed by atoms with Gasteiger partial charge < -0.3 is 8.23 Å². The fraction of sp³-hybridized carbons (Fsp3) is 0.280. The van der Waals surface area contributed by atoms with Crippen molar-refractivity contribution in [2.24, 2.45) is 0 Å². The molecule has 0 radical (unpaired) electrons. The van der Waals surface area contributed by atoms with Crippen molar-refractivity contribution in [3.63, 3.8) is 0 Å². The van der Waals surface area contributed by atoms with E-state index in [1.807, 2.05) is 0 Å². The molecule has 164 valence electrons. The molecule has 3 rings (SSSR count). The first-order valence-electron chi connectivity index (χ1n) is 10.9. The maximum absolute atomic E-state index is 6.95. The summed E-state index contributed by atoms with van der Waals surface area (Å²) >= 11 is 0. The molecule has 0 saturated carbocycles. The van der Waals surface area contributed by atoms with E-state index in [1.54, 1.807) is 0 Å². The second-order valence-electron chi connectivity index (χ2n) is 9.90. The van der Waals surface area contributed by atoms with E-state index in [-0.39, 0.29) is 0 Å². The number of rotatable bonds is 8. The van der Waals surface area contributed by atoms with Gasteiger partial charge in [0.15, 0.2) is 16.6 Å². The molecule has 0 heterocycles. The first-order chi connectivity index (χ1) is 14.5. The van der Waals surface area contributed by atoms with Gasteiger partial charge in [0.2, 0.25) is 0 Å². The van der Waals surface area contributed by atoms with Gasteiger partial charge in [-0.05, 0) is 69.7 Å². The largest absolute Gasteiger partial charge is 0.433 e. The van der Waals surface area contributed by atoms with Crippen LogP contribution in [0.15, 0.2) is 84.9 Å². The zero-order valence-electron chi connectivity index (χ0n) is 19.8. The van der Waals surface area contributed by atoms with Crippen molar-refractivity contribution < 1.29 is 8.23 Å². The van der Waals surface area contributed by atoms with Crippen molar-refractivity contribution in [3.05, 3.63) is 84.9 Å². The fourth-order valence-corrected chi connectivity index (χ4v) is 18.9. The van der Waals surface area contributed by atoms with Crippen molar-refractivity contribution in [1.29, 1.82) is 0 Å². The normalized spacial score (nSPS) is 12.9. The van der Waals surface area contributed by atoms with Crippen LogP contribution in [0.3, 0.4) is 0 Å². The number of benzene rings is 3. The Morgan fingerprint density at radius 1 is 0.516 bits per heavy atom. The van der Waals surface area contributed by atoms with Crippen LogP contribution in [0.5, 0.6) is 0 Å². The van der Waals surface area contributed by atoms with E-state index in [0.29, 0.717) is 0 Å². The molecular formula is C25H35O2PSi3. The Hall–Kier alpha value is -1.34. The molecule has 2 nitrogen and oxygen atoms in total. The highest BCUT2D eigenvalue weighted by Crippen LogP contribution is 2.33. The molecule has 0 bridgehead atoms. The van der Waals surface area contributed by atoms with Crippen molar-refractivity contribution in [1.82, 2.24) is 0 Å². The van der Waals surface area contributed by atoms with Gasteiger partial charge in [-0.1, -0.05) is 84.9 Å². The van der Waals surface area contributed by atoms with Gasteiger partial charge in [0.05, 0.1) is 0 Å². The lowest BCUT2D eigenvalue weighted by Crippen LogP contribution is -2.63. The summed E-state index contributed by atoms with van der Waals surface area (Å²) in [6.07, 6.45) is 0. The molecule has 0 spiro atoms. The van der Waals surface area contributed by atoms with Crippen LogP contribution in [-0.2, 0) is 8.23 Å². The van der Waals surface area contributed by atoms with Crippen molar-refractivity contribution >= 4 is 54.2 Å². The molecule has 3 aromatic rings. The highest BCUT2D eigenvalue weighted by atomic mass is 31.1. The molecule has 0 aliphatic carbocycles. The summed E-state index contributed by atoms with van der Waals surface area (Å²) in [5.41, 5.74) is 0. The van der Waals surface area contributed by atoms with Gasteiger partial charge in [0, 0.05) is 5.19 Å². The lowest BCUT2D eigenvalue weighted by atomic mass is 10.3. The van der Waals surface area contributed by atoms with Gasteiger partial charge in [-0.25, -0.2) is 0 Å². The molecule has 0 aliphatic heterocycles. The summed E-state index contributed by atoms with van der Waals surface area (Å²) in [4.78, 5) is 0. The van der Waals surface area contributed by atoms with Crippen LogP contribution in [0.4, 0.5) is 0 Å². The quantitative estimate of drug-likeness (QED) is 0.315. The summed E-state index contributed by atoms with van der Waals surface area (Å²) in [7, 11) is -6.99. The minimum atomic E-state index is -2.63. The predicted octanol–water partition coefficient (Wildman–Crippen LogP) is 5.43. The van der Waals surface area contributed by atoms with Crippen LogP contribution < -0.4 is 21.1 Å². The van der Waals surface area contributed by atoms with Gasteiger partial charge >= 0.3 is 8.56 Å². The van der Waals surface area contributed by atoms with Gasteiger partial charge in [0.25, 0.3) is 0 Å². The molecule has 0 atom stereocenters. The van der Waals surface area contributed by atoms with Crippen LogP contribution in [0.25, 0.3) is 0 Å². The maximum atomic E-state index is 6.95. The summed E-state index contributed by atoms with van der Waals surface area (Å²) in [6, 6.07) is 30.7. The summed E-state index contributed by atoms with van der Waals surface area (Å²) < 4.78 is 13.9. The second-order valence-corrected chi connectivity index (χ2v) is 24.6. The highest BCUT2D eigenvalue weighted by Gasteiger charge is 2.44. The summed E-state index contributed by atoms with van der Waals surface area (Å²) in [5.74, 6) is 0. The minimum absolute atomic E-state index is 0.709. The fourth-order valence-electron chi connectivity index (χ4n) is 3.93. The average Bonchev–Trinajstić information content (AvgIpc) is 2.67. The summed E-state index contributed by atoms with van der Waals surface area (Å²) in [6.45, 7) is 15.9. The van der Waals surface area contributed by atoms with E-state index < -0.39 is 33.1 Å². The van der Waals surface area contributed by atoms with Crippen molar-refractivity contribution in [3.8, 4) is 0 Å². The zero-order chi connectivity index (χ0) is 22.7. The van der Waals surface area contributed by atoms with E-state index in [2.05, 4.69) is 131 Å². The van der Waals surface area contributed by atoms with Crippen LogP contribution >= 0.6 is 7.92 Å². The Bertz CT molecular complexity index is 927. The third kappa shape index (κ3) is 6.58. The molecular weight excluding hydrogens is 448 g/mol. The maximum Gasteiger partial charge on any atom is 0.349 e. The third-order valence-electron chi connectivity index (χ3n) is 4.66. The Kier molecular flexibility index (Phi) is 7.57. The minimum Gasteiger partial charge on any atom is -0.433 e. The SMILES string of the molecule is C[Si](C)(C)O[Si](C)(O[Si](C)(C)C)c1ccccc1P(c1ccccc1)c1ccccc1. The lowest BCUT2D eigenvalue weighted by molar-refractivity contribution is 0.405. The van der Waals surface area contributed by atoms with E-state index >= 15 is 0 Å². The van der Waals surface area contributed by atoms with E-state index in [4.69, 9.17) is 8.23 Å². The molecule has 0 aromatic heterocycles. The molecule has 0 fully saturated rings. The lowest BCUT2D eigenvalue weighted by Gasteiger charge is -2.40. The highest BCUT2D eigenvalue weighted by molar-refractivity contribution is 7.80. The Labute approximate surface area is 192 Å². The molecule has 31 heavy (non-hydrogen) atoms. The first-order valence-corrected chi connectivity index (χ1v) is 21.4. The van der Waals surface area contributed by atoms with Crippen molar-refractivity contribution in [2.45, 2.75) is 45.8 Å².